The van der Waals surface area contributed by atoms with Crippen molar-refractivity contribution in [1.82, 2.24) is 5.32 Å². The SMILES string of the molecule is CC(C)CCNC(=O)c1cc(N)c(F)cc1Br. The second-order valence-electron chi connectivity index (χ2n) is 4.29. The van der Waals surface area contributed by atoms with Crippen molar-refractivity contribution in [2.24, 2.45) is 5.92 Å². The normalized spacial score (nSPS) is 10.6. The van der Waals surface area contributed by atoms with Crippen LogP contribution in [0.15, 0.2) is 16.6 Å². The zero-order chi connectivity index (χ0) is 13.0. The molecule has 0 bridgehead atoms. The smallest absolute Gasteiger partial charge is 0.252 e. The van der Waals surface area contributed by atoms with Crippen LogP contribution in [0.3, 0.4) is 0 Å². The van der Waals surface area contributed by atoms with Gasteiger partial charge in [-0.3, -0.25) is 4.79 Å². The third kappa shape index (κ3) is 4.00. The first-order valence-electron chi connectivity index (χ1n) is 5.44. The Morgan fingerprint density at radius 3 is 2.76 bits per heavy atom. The first kappa shape index (κ1) is 14.0. The Morgan fingerprint density at radius 2 is 2.18 bits per heavy atom. The van der Waals surface area contributed by atoms with Crippen LogP contribution in [-0.2, 0) is 0 Å². The highest BCUT2D eigenvalue weighted by atomic mass is 79.9. The molecule has 0 saturated heterocycles. The summed E-state index contributed by atoms with van der Waals surface area (Å²) in [5.74, 6) is -0.253. The van der Waals surface area contributed by atoms with Crippen LogP contribution < -0.4 is 11.1 Å². The molecule has 0 aliphatic heterocycles. The van der Waals surface area contributed by atoms with E-state index in [4.69, 9.17) is 5.73 Å². The van der Waals surface area contributed by atoms with E-state index in [2.05, 4.69) is 35.1 Å². The predicted octanol–water partition coefficient (Wildman–Crippen LogP) is 2.95. The Balaban J connectivity index is 2.72. The highest BCUT2D eigenvalue weighted by Gasteiger charge is 2.12. The van der Waals surface area contributed by atoms with Crippen LogP contribution in [0.1, 0.15) is 30.6 Å². The van der Waals surface area contributed by atoms with Crippen molar-refractivity contribution in [1.29, 1.82) is 0 Å². The number of hydrogen-bond donors (Lipinski definition) is 2. The van der Waals surface area contributed by atoms with Gasteiger partial charge in [-0.05, 0) is 40.4 Å². The summed E-state index contributed by atoms with van der Waals surface area (Å²) in [6.45, 7) is 4.76. The Morgan fingerprint density at radius 1 is 1.53 bits per heavy atom. The molecule has 1 aromatic rings. The van der Waals surface area contributed by atoms with Crippen molar-refractivity contribution >= 4 is 27.5 Å². The van der Waals surface area contributed by atoms with Crippen LogP contribution in [0, 0.1) is 11.7 Å². The van der Waals surface area contributed by atoms with E-state index in [1.165, 1.54) is 12.1 Å². The fourth-order valence-electron chi connectivity index (χ4n) is 1.31. The molecule has 0 atom stereocenters. The fourth-order valence-corrected chi connectivity index (χ4v) is 1.80. The molecule has 17 heavy (non-hydrogen) atoms. The molecule has 0 radical (unpaired) electrons. The number of rotatable bonds is 4. The average molecular weight is 303 g/mol. The van der Waals surface area contributed by atoms with Crippen LogP contribution in [-0.4, -0.2) is 12.5 Å². The molecule has 3 N–H and O–H groups in total. The number of nitrogens with one attached hydrogen (secondary N) is 1. The van der Waals surface area contributed by atoms with E-state index in [1.807, 2.05) is 0 Å². The molecule has 1 rings (SSSR count). The molecular weight excluding hydrogens is 287 g/mol. The minimum absolute atomic E-state index is 0.0257. The number of carbonyl (C=O) groups excluding carboxylic acids is 1. The monoisotopic (exact) mass is 302 g/mol. The molecule has 3 nitrogen and oxygen atoms in total. The number of anilines is 1. The molecule has 0 unspecified atom stereocenters. The molecule has 1 aromatic carbocycles. The summed E-state index contributed by atoms with van der Waals surface area (Å²) in [4.78, 5) is 11.8. The van der Waals surface area contributed by atoms with Gasteiger partial charge in [0.2, 0.25) is 0 Å². The van der Waals surface area contributed by atoms with E-state index >= 15 is 0 Å². The summed E-state index contributed by atoms with van der Waals surface area (Å²) < 4.78 is 13.5. The van der Waals surface area contributed by atoms with Gasteiger partial charge in [0.25, 0.3) is 5.91 Å². The van der Waals surface area contributed by atoms with Crippen LogP contribution in [0.4, 0.5) is 10.1 Å². The van der Waals surface area contributed by atoms with E-state index < -0.39 is 5.82 Å². The second kappa shape index (κ2) is 6.00. The first-order chi connectivity index (χ1) is 7.91. The maximum Gasteiger partial charge on any atom is 0.252 e. The topological polar surface area (TPSA) is 55.1 Å². The largest absolute Gasteiger partial charge is 0.396 e. The van der Waals surface area contributed by atoms with E-state index in [1.54, 1.807) is 0 Å². The Bertz CT molecular complexity index is 421. The molecule has 94 valence electrons. The van der Waals surface area contributed by atoms with Crippen LogP contribution in [0.2, 0.25) is 0 Å². The van der Waals surface area contributed by atoms with Gasteiger partial charge in [-0.2, -0.15) is 0 Å². The lowest BCUT2D eigenvalue weighted by atomic mass is 10.1. The highest BCUT2D eigenvalue weighted by Crippen LogP contribution is 2.22. The molecular formula is C12H16BrFN2O. The van der Waals surface area contributed by atoms with Gasteiger partial charge in [-0.25, -0.2) is 4.39 Å². The Hall–Kier alpha value is -1.10. The highest BCUT2D eigenvalue weighted by molar-refractivity contribution is 9.10. The maximum atomic E-state index is 13.1. The molecule has 0 fully saturated rings. The van der Waals surface area contributed by atoms with Gasteiger partial charge in [0.05, 0.1) is 11.3 Å². The quantitative estimate of drug-likeness (QED) is 0.840. The van der Waals surface area contributed by atoms with Gasteiger partial charge in [-0.15, -0.1) is 0 Å². The summed E-state index contributed by atoms with van der Waals surface area (Å²) >= 11 is 3.15. The summed E-state index contributed by atoms with van der Waals surface area (Å²) in [5, 5.41) is 2.77. The third-order valence-corrected chi connectivity index (χ3v) is 2.99. The van der Waals surface area contributed by atoms with Crippen molar-refractivity contribution < 1.29 is 9.18 Å². The van der Waals surface area contributed by atoms with E-state index in [9.17, 15) is 9.18 Å². The zero-order valence-electron chi connectivity index (χ0n) is 9.89. The minimum atomic E-state index is -0.532. The fraction of sp³-hybridized carbons (Fsp3) is 0.417. The predicted molar refractivity (Wildman–Crippen MR) is 70.3 cm³/mol. The van der Waals surface area contributed by atoms with Crippen LogP contribution in [0.25, 0.3) is 0 Å². The van der Waals surface area contributed by atoms with E-state index in [-0.39, 0.29) is 11.6 Å². The number of hydrogen-bond acceptors (Lipinski definition) is 2. The standard InChI is InChI=1S/C12H16BrFN2O/c1-7(2)3-4-16-12(17)8-5-11(15)10(14)6-9(8)13/h5-7H,3-4,15H2,1-2H3,(H,16,17). The van der Waals surface area contributed by atoms with Crippen LogP contribution in [0.5, 0.6) is 0 Å². The first-order valence-corrected chi connectivity index (χ1v) is 6.23. The molecule has 1 amide bonds. The lowest BCUT2D eigenvalue weighted by Crippen LogP contribution is -2.25. The van der Waals surface area contributed by atoms with Gasteiger partial charge in [0, 0.05) is 11.0 Å². The van der Waals surface area contributed by atoms with Crippen molar-refractivity contribution in [2.75, 3.05) is 12.3 Å². The maximum absolute atomic E-state index is 13.1. The summed E-state index contributed by atoms with van der Waals surface area (Å²) in [5.41, 5.74) is 5.76. The summed E-state index contributed by atoms with van der Waals surface area (Å²) in [7, 11) is 0. The van der Waals surface area contributed by atoms with Crippen LogP contribution >= 0.6 is 15.9 Å². The molecule has 0 aromatic heterocycles. The van der Waals surface area contributed by atoms with Crippen molar-refractivity contribution in [3.05, 3.63) is 28.0 Å². The van der Waals surface area contributed by atoms with E-state index in [0.29, 0.717) is 22.5 Å². The lowest BCUT2D eigenvalue weighted by molar-refractivity contribution is 0.0951. The number of halogens is 2. The molecule has 0 heterocycles. The summed E-state index contributed by atoms with van der Waals surface area (Å²) in [6, 6.07) is 2.54. The molecule has 0 aliphatic carbocycles. The zero-order valence-corrected chi connectivity index (χ0v) is 11.5. The van der Waals surface area contributed by atoms with Crippen molar-refractivity contribution in [2.45, 2.75) is 20.3 Å². The third-order valence-electron chi connectivity index (χ3n) is 2.34. The molecule has 0 aliphatic rings. The second-order valence-corrected chi connectivity index (χ2v) is 5.15. The number of amides is 1. The number of nitrogens with two attached hydrogens (primary N) is 1. The number of carbonyl (C=O) groups is 1. The van der Waals surface area contributed by atoms with Gasteiger partial charge in [0.1, 0.15) is 5.82 Å². The van der Waals surface area contributed by atoms with Gasteiger partial charge < -0.3 is 11.1 Å². The Kier molecular flexibility index (Phi) is 4.93. The number of benzene rings is 1. The minimum Gasteiger partial charge on any atom is -0.396 e. The number of nitrogen functional groups attached to an aromatic ring is 1. The van der Waals surface area contributed by atoms with E-state index in [0.717, 1.165) is 6.42 Å². The molecule has 0 saturated carbocycles. The average Bonchev–Trinajstić information content (AvgIpc) is 2.22. The summed E-state index contributed by atoms with van der Waals surface area (Å²) in [6.07, 6.45) is 0.903. The molecule has 5 heteroatoms. The van der Waals surface area contributed by atoms with Gasteiger partial charge in [0.15, 0.2) is 0 Å². The molecule has 0 spiro atoms. The van der Waals surface area contributed by atoms with Gasteiger partial charge >= 0.3 is 0 Å². The Labute approximate surface area is 109 Å². The van der Waals surface area contributed by atoms with Crippen molar-refractivity contribution in [3.63, 3.8) is 0 Å². The van der Waals surface area contributed by atoms with Gasteiger partial charge in [-0.1, -0.05) is 13.8 Å². The lowest BCUT2D eigenvalue weighted by Gasteiger charge is -2.09. The van der Waals surface area contributed by atoms with Crippen molar-refractivity contribution in [3.8, 4) is 0 Å².